The number of aromatic nitrogens is 5. The average molecular weight is 477 g/mol. The van der Waals surface area contributed by atoms with Crippen LogP contribution in [0.1, 0.15) is 36.1 Å². The fourth-order valence-corrected chi connectivity index (χ4v) is 4.22. The highest BCUT2D eigenvalue weighted by atomic mass is 35.5. The minimum absolute atomic E-state index is 0.0528. The molecular formula is C23H18ClFN8O. The molecule has 1 aliphatic rings. The van der Waals surface area contributed by atoms with Gasteiger partial charge in [0.05, 0.1) is 40.0 Å². The van der Waals surface area contributed by atoms with Crippen molar-refractivity contribution >= 4 is 34.1 Å². The Balaban J connectivity index is 1.77. The van der Waals surface area contributed by atoms with Gasteiger partial charge in [-0.2, -0.15) is 5.26 Å². The molecule has 1 unspecified atom stereocenters. The molecule has 0 amide bonds. The summed E-state index contributed by atoms with van der Waals surface area (Å²) in [6.45, 7) is 1.67. The molecule has 1 aliphatic carbocycles. The Morgan fingerprint density at radius 3 is 2.79 bits per heavy atom. The lowest BCUT2D eigenvalue weighted by molar-refractivity contribution is 0.599. The van der Waals surface area contributed by atoms with E-state index >= 15 is 0 Å². The third kappa shape index (κ3) is 3.80. The van der Waals surface area contributed by atoms with E-state index in [9.17, 15) is 14.4 Å². The van der Waals surface area contributed by atoms with Crippen LogP contribution in [-0.4, -0.2) is 24.5 Å². The fourth-order valence-electron chi connectivity index (χ4n) is 3.97. The molecule has 9 nitrogen and oxygen atoms in total. The highest BCUT2D eigenvalue weighted by Gasteiger charge is 2.37. The summed E-state index contributed by atoms with van der Waals surface area (Å²) >= 11 is 6.34. The number of rotatable bonds is 5. The van der Waals surface area contributed by atoms with Crippen molar-refractivity contribution < 1.29 is 4.39 Å². The first-order chi connectivity index (χ1) is 16.4. The number of hydrogen-bond acceptors (Lipinski definition) is 8. The summed E-state index contributed by atoms with van der Waals surface area (Å²) in [6.07, 6.45) is 4.17. The van der Waals surface area contributed by atoms with Gasteiger partial charge in [0.2, 0.25) is 0 Å². The van der Waals surface area contributed by atoms with Crippen LogP contribution < -0.4 is 16.6 Å². The molecule has 170 valence electrons. The van der Waals surface area contributed by atoms with Gasteiger partial charge in [0.25, 0.3) is 5.56 Å². The third-order valence-electron chi connectivity index (χ3n) is 5.65. The Bertz CT molecular complexity index is 1540. The summed E-state index contributed by atoms with van der Waals surface area (Å²) in [7, 11) is 0. The maximum Gasteiger partial charge on any atom is 0.267 e. The standard InChI is InChI=1S/C23H18ClFN8O/c1-11-29-20(27)15(8-26)21(30-11)32-19(12-5-6-12)22-31-17-4-2-3-16(24)18(17)23(34)33(22)14-7-13(25)9-28-10-14/h2-4,7,9-10,12,19H,5-6H2,1H3,(H3,27,29,30,32). The van der Waals surface area contributed by atoms with Crippen LogP contribution in [0.2, 0.25) is 5.02 Å². The quantitative estimate of drug-likeness (QED) is 0.445. The topological polar surface area (TPSA) is 135 Å². The second-order valence-corrected chi connectivity index (χ2v) is 8.46. The minimum Gasteiger partial charge on any atom is -0.382 e. The van der Waals surface area contributed by atoms with Crippen LogP contribution in [0.15, 0.2) is 41.5 Å². The lowest BCUT2D eigenvalue weighted by Gasteiger charge is -2.23. The molecule has 0 bridgehead atoms. The van der Waals surface area contributed by atoms with Gasteiger partial charge in [-0.1, -0.05) is 17.7 Å². The van der Waals surface area contributed by atoms with E-state index in [0.29, 0.717) is 17.2 Å². The number of nitrogens with one attached hydrogen (secondary N) is 1. The smallest absolute Gasteiger partial charge is 0.267 e. The van der Waals surface area contributed by atoms with Crippen molar-refractivity contribution in [1.29, 1.82) is 5.26 Å². The molecule has 34 heavy (non-hydrogen) atoms. The van der Waals surface area contributed by atoms with Crippen molar-refractivity contribution in [2.45, 2.75) is 25.8 Å². The highest BCUT2D eigenvalue weighted by Crippen LogP contribution is 2.43. The van der Waals surface area contributed by atoms with E-state index in [2.05, 4.69) is 20.3 Å². The number of nitrogens with two attached hydrogens (primary N) is 1. The summed E-state index contributed by atoms with van der Waals surface area (Å²) in [5, 5.41) is 13.3. The Morgan fingerprint density at radius 1 is 1.29 bits per heavy atom. The van der Waals surface area contributed by atoms with E-state index in [0.717, 1.165) is 19.0 Å². The van der Waals surface area contributed by atoms with Crippen molar-refractivity contribution in [3.63, 3.8) is 0 Å². The number of anilines is 2. The summed E-state index contributed by atoms with van der Waals surface area (Å²) in [5.74, 6) is 0.508. The molecule has 11 heteroatoms. The molecule has 1 aromatic carbocycles. The van der Waals surface area contributed by atoms with E-state index in [1.807, 2.05) is 6.07 Å². The van der Waals surface area contributed by atoms with Crippen LogP contribution in [0, 0.1) is 30.0 Å². The molecular weight excluding hydrogens is 459 g/mol. The van der Waals surface area contributed by atoms with E-state index in [1.54, 1.807) is 25.1 Å². The molecule has 0 spiro atoms. The van der Waals surface area contributed by atoms with Crippen molar-refractivity contribution in [2.75, 3.05) is 11.1 Å². The first-order valence-corrected chi connectivity index (χ1v) is 10.9. The average Bonchev–Trinajstić information content (AvgIpc) is 3.62. The molecule has 4 aromatic rings. The zero-order valence-corrected chi connectivity index (χ0v) is 18.7. The van der Waals surface area contributed by atoms with Crippen LogP contribution in [-0.2, 0) is 0 Å². The third-order valence-corrected chi connectivity index (χ3v) is 5.96. The number of nitriles is 1. The Hall–Kier alpha value is -4.10. The Labute approximate surface area is 198 Å². The number of pyridine rings is 1. The van der Waals surface area contributed by atoms with Gasteiger partial charge in [-0.15, -0.1) is 0 Å². The van der Waals surface area contributed by atoms with Gasteiger partial charge >= 0.3 is 0 Å². The molecule has 0 radical (unpaired) electrons. The number of nitrogens with zero attached hydrogens (tertiary/aromatic N) is 6. The molecule has 1 saturated carbocycles. The van der Waals surface area contributed by atoms with Gasteiger partial charge in [-0.05, 0) is 37.8 Å². The lowest BCUT2D eigenvalue weighted by atomic mass is 10.1. The number of halogens is 2. The van der Waals surface area contributed by atoms with Gasteiger partial charge in [-0.25, -0.2) is 19.3 Å². The highest BCUT2D eigenvalue weighted by molar-refractivity contribution is 6.35. The minimum atomic E-state index is -0.600. The Kier molecular flexibility index (Phi) is 5.34. The maximum absolute atomic E-state index is 14.1. The van der Waals surface area contributed by atoms with E-state index in [1.165, 1.54) is 16.8 Å². The maximum atomic E-state index is 14.1. The van der Waals surface area contributed by atoms with Crippen LogP contribution >= 0.6 is 11.6 Å². The van der Waals surface area contributed by atoms with Gasteiger partial charge in [-0.3, -0.25) is 14.3 Å². The second-order valence-electron chi connectivity index (χ2n) is 8.06. The SMILES string of the molecule is Cc1nc(N)c(C#N)c(NC(c2nc3cccc(Cl)c3c(=O)n2-c2cncc(F)c2)C2CC2)n1. The second kappa shape index (κ2) is 8.35. The molecule has 0 saturated heterocycles. The molecule has 0 aliphatic heterocycles. The molecule has 3 N–H and O–H groups in total. The number of benzene rings is 1. The summed E-state index contributed by atoms with van der Waals surface area (Å²) < 4.78 is 15.4. The van der Waals surface area contributed by atoms with Gasteiger partial charge in [0.1, 0.15) is 34.9 Å². The van der Waals surface area contributed by atoms with Crippen molar-refractivity contribution in [3.05, 3.63) is 75.1 Å². The first kappa shape index (κ1) is 21.7. The predicted molar refractivity (Wildman–Crippen MR) is 125 cm³/mol. The monoisotopic (exact) mass is 476 g/mol. The van der Waals surface area contributed by atoms with Crippen LogP contribution in [0.4, 0.5) is 16.0 Å². The number of hydrogen-bond donors (Lipinski definition) is 2. The fraction of sp³-hybridized carbons (Fsp3) is 0.217. The van der Waals surface area contributed by atoms with Gasteiger partial charge in [0.15, 0.2) is 5.82 Å². The van der Waals surface area contributed by atoms with Crippen LogP contribution in [0.3, 0.4) is 0 Å². The van der Waals surface area contributed by atoms with Crippen molar-refractivity contribution in [1.82, 2.24) is 24.5 Å². The summed E-state index contributed by atoms with van der Waals surface area (Å²) in [4.78, 5) is 30.8. The largest absolute Gasteiger partial charge is 0.382 e. The number of nitrogen functional groups attached to an aromatic ring is 1. The van der Waals surface area contributed by atoms with Crippen LogP contribution in [0.25, 0.3) is 16.6 Å². The molecule has 1 fully saturated rings. The van der Waals surface area contributed by atoms with Crippen LogP contribution in [0.5, 0.6) is 0 Å². The van der Waals surface area contributed by atoms with E-state index < -0.39 is 17.4 Å². The first-order valence-electron chi connectivity index (χ1n) is 10.5. The number of aryl methyl sites for hydroxylation is 1. The van der Waals surface area contributed by atoms with Gasteiger partial charge in [0, 0.05) is 6.07 Å². The summed E-state index contributed by atoms with van der Waals surface area (Å²) in [6, 6.07) is 7.71. The Morgan fingerprint density at radius 2 is 2.09 bits per heavy atom. The molecule has 5 rings (SSSR count). The zero-order valence-electron chi connectivity index (χ0n) is 18.0. The van der Waals surface area contributed by atoms with E-state index in [4.69, 9.17) is 22.3 Å². The number of fused-ring (bicyclic) bond motifs is 1. The predicted octanol–water partition coefficient (Wildman–Crippen LogP) is 3.69. The molecule has 3 heterocycles. The normalized spacial score (nSPS) is 14.1. The van der Waals surface area contributed by atoms with Crippen molar-refractivity contribution in [3.8, 4) is 11.8 Å². The lowest BCUT2D eigenvalue weighted by Crippen LogP contribution is -2.30. The summed E-state index contributed by atoms with van der Waals surface area (Å²) in [5.41, 5.74) is 6.20. The van der Waals surface area contributed by atoms with E-state index in [-0.39, 0.29) is 39.2 Å². The zero-order chi connectivity index (χ0) is 24.0. The van der Waals surface area contributed by atoms with Crippen molar-refractivity contribution in [2.24, 2.45) is 5.92 Å². The molecule has 1 atom stereocenters. The van der Waals surface area contributed by atoms with Gasteiger partial charge < -0.3 is 11.1 Å². The molecule has 3 aromatic heterocycles.